The Balaban J connectivity index is 1.82. The van der Waals surface area contributed by atoms with E-state index >= 15 is 0 Å². The SMILES string of the molecule is CSc1ncccc1C(=O)N1CCC[C@@H]1CS(=O)(=O)c1ccccc1. The van der Waals surface area contributed by atoms with E-state index in [0.717, 1.165) is 6.42 Å². The van der Waals surface area contributed by atoms with Crippen molar-refractivity contribution in [1.82, 2.24) is 9.88 Å². The van der Waals surface area contributed by atoms with Gasteiger partial charge in [0.1, 0.15) is 5.03 Å². The van der Waals surface area contributed by atoms with Gasteiger partial charge in [-0.15, -0.1) is 11.8 Å². The fourth-order valence-corrected chi connectivity index (χ4v) is 5.28. The molecule has 1 atom stereocenters. The summed E-state index contributed by atoms with van der Waals surface area (Å²) in [5, 5.41) is 0.670. The molecule has 1 aromatic carbocycles. The van der Waals surface area contributed by atoms with Crippen molar-refractivity contribution in [3.8, 4) is 0 Å². The summed E-state index contributed by atoms with van der Waals surface area (Å²) in [6.07, 6.45) is 5.05. The van der Waals surface area contributed by atoms with Crippen LogP contribution < -0.4 is 0 Å². The molecule has 1 fully saturated rings. The second-order valence-electron chi connectivity index (χ2n) is 5.95. The lowest BCUT2D eigenvalue weighted by atomic mass is 10.2. The van der Waals surface area contributed by atoms with Crippen LogP contribution in [0.4, 0.5) is 0 Å². The Kier molecular flexibility index (Phi) is 5.44. The van der Waals surface area contributed by atoms with Crippen LogP contribution in [-0.4, -0.2) is 48.8 Å². The van der Waals surface area contributed by atoms with Gasteiger partial charge in [0, 0.05) is 18.8 Å². The van der Waals surface area contributed by atoms with Crippen LogP contribution in [0.15, 0.2) is 58.6 Å². The summed E-state index contributed by atoms with van der Waals surface area (Å²) >= 11 is 1.42. The van der Waals surface area contributed by atoms with Crippen LogP contribution in [0.2, 0.25) is 0 Å². The van der Waals surface area contributed by atoms with E-state index in [9.17, 15) is 13.2 Å². The van der Waals surface area contributed by atoms with E-state index in [2.05, 4.69) is 4.98 Å². The first kappa shape index (κ1) is 17.9. The first-order valence-corrected chi connectivity index (χ1v) is 11.0. The molecule has 1 aliphatic rings. The van der Waals surface area contributed by atoms with Gasteiger partial charge < -0.3 is 4.90 Å². The van der Waals surface area contributed by atoms with Gasteiger partial charge >= 0.3 is 0 Å². The van der Waals surface area contributed by atoms with Gasteiger partial charge in [-0.3, -0.25) is 4.79 Å². The van der Waals surface area contributed by atoms with Gasteiger partial charge in [-0.2, -0.15) is 0 Å². The first-order valence-electron chi connectivity index (χ1n) is 8.10. The van der Waals surface area contributed by atoms with Crippen molar-refractivity contribution >= 4 is 27.5 Å². The van der Waals surface area contributed by atoms with Gasteiger partial charge in [-0.25, -0.2) is 13.4 Å². The monoisotopic (exact) mass is 376 g/mol. The van der Waals surface area contributed by atoms with E-state index < -0.39 is 9.84 Å². The molecule has 25 heavy (non-hydrogen) atoms. The molecule has 132 valence electrons. The van der Waals surface area contributed by atoms with Gasteiger partial charge in [0.25, 0.3) is 5.91 Å². The number of sulfone groups is 1. The van der Waals surface area contributed by atoms with E-state index in [1.165, 1.54) is 11.8 Å². The molecule has 1 amide bonds. The molecule has 0 N–H and O–H groups in total. The first-order chi connectivity index (χ1) is 12.0. The van der Waals surface area contributed by atoms with Crippen molar-refractivity contribution in [2.75, 3.05) is 18.6 Å². The van der Waals surface area contributed by atoms with Crippen LogP contribution in [0.1, 0.15) is 23.2 Å². The Labute approximate surface area is 152 Å². The van der Waals surface area contributed by atoms with Gasteiger partial charge in [0.2, 0.25) is 0 Å². The van der Waals surface area contributed by atoms with Crippen LogP contribution >= 0.6 is 11.8 Å². The van der Waals surface area contributed by atoms with Crippen molar-refractivity contribution in [3.63, 3.8) is 0 Å². The summed E-state index contributed by atoms with van der Waals surface area (Å²) < 4.78 is 25.3. The predicted octanol–water partition coefficient (Wildman–Crippen LogP) is 2.88. The largest absolute Gasteiger partial charge is 0.335 e. The number of pyridine rings is 1. The quantitative estimate of drug-likeness (QED) is 0.751. The number of rotatable bonds is 5. The molecule has 5 nitrogen and oxygen atoms in total. The number of aromatic nitrogens is 1. The highest BCUT2D eigenvalue weighted by Crippen LogP contribution is 2.26. The molecule has 3 rings (SSSR count). The lowest BCUT2D eigenvalue weighted by molar-refractivity contribution is 0.0745. The Hall–Kier alpha value is -1.86. The Morgan fingerprint density at radius 2 is 2.00 bits per heavy atom. The molecule has 1 saturated heterocycles. The smallest absolute Gasteiger partial charge is 0.256 e. The summed E-state index contributed by atoms with van der Waals surface area (Å²) in [5.74, 6) is -0.180. The van der Waals surface area contributed by atoms with Gasteiger partial charge in [0.15, 0.2) is 9.84 Å². The Morgan fingerprint density at radius 1 is 1.24 bits per heavy atom. The van der Waals surface area contributed by atoms with Gasteiger partial charge in [-0.1, -0.05) is 18.2 Å². The van der Waals surface area contributed by atoms with Crippen LogP contribution in [-0.2, 0) is 9.84 Å². The molecule has 7 heteroatoms. The molecule has 1 aromatic heterocycles. The van der Waals surface area contributed by atoms with Crippen molar-refractivity contribution < 1.29 is 13.2 Å². The van der Waals surface area contributed by atoms with Crippen molar-refractivity contribution in [1.29, 1.82) is 0 Å². The molecule has 0 radical (unpaired) electrons. The molecule has 0 saturated carbocycles. The molecule has 0 spiro atoms. The molecule has 1 aliphatic heterocycles. The van der Waals surface area contributed by atoms with Gasteiger partial charge in [-0.05, 0) is 43.4 Å². The minimum atomic E-state index is -3.42. The van der Waals surface area contributed by atoms with Crippen molar-refractivity contribution in [2.24, 2.45) is 0 Å². The minimum Gasteiger partial charge on any atom is -0.335 e. The zero-order chi connectivity index (χ0) is 17.9. The van der Waals surface area contributed by atoms with Crippen molar-refractivity contribution in [3.05, 3.63) is 54.2 Å². The number of likely N-dealkylation sites (tertiary alicyclic amines) is 1. The Bertz CT molecular complexity index is 854. The van der Waals surface area contributed by atoms with Crippen LogP contribution in [0.3, 0.4) is 0 Å². The normalized spacial score (nSPS) is 17.6. The molecule has 0 unspecified atom stereocenters. The van der Waals surface area contributed by atoms with Crippen molar-refractivity contribution in [2.45, 2.75) is 28.8 Å². The third-order valence-electron chi connectivity index (χ3n) is 4.35. The average molecular weight is 377 g/mol. The lowest BCUT2D eigenvalue weighted by Crippen LogP contribution is -2.40. The number of amides is 1. The van der Waals surface area contributed by atoms with E-state index in [0.29, 0.717) is 28.5 Å². The fraction of sp³-hybridized carbons (Fsp3) is 0.333. The van der Waals surface area contributed by atoms with E-state index in [1.807, 2.05) is 6.26 Å². The van der Waals surface area contributed by atoms with E-state index in [4.69, 9.17) is 0 Å². The number of benzene rings is 1. The minimum absolute atomic E-state index is 0.0440. The second-order valence-corrected chi connectivity index (χ2v) is 8.78. The van der Waals surface area contributed by atoms with E-state index in [-0.39, 0.29) is 17.7 Å². The second kappa shape index (κ2) is 7.58. The maximum absolute atomic E-state index is 12.9. The Morgan fingerprint density at radius 3 is 2.72 bits per heavy atom. The number of carbonyl (C=O) groups is 1. The van der Waals surface area contributed by atoms with Gasteiger partial charge in [0.05, 0.1) is 16.2 Å². The highest BCUT2D eigenvalue weighted by Gasteiger charge is 2.34. The number of carbonyl (C=O) groups excluding carboxylic acids is 1. The number of nitrogens with zero attached hydrogens (tertiary/aromatic N) is 2. The summed E-state index contributed by atoms with van der Waals surface area (Å²) in [6, 6.07) is 11.6. The topological polar surface area (TPSA) is 67.3 Å². The maximum atomic E-state index is 12.9. The molecule has 0 bridgehead atoms. The van der Waals surface area contributed by atoms with Crippen LogP contribution in [0.5, 0.6) is 0 Å². The summed E-state index contributed by atoms with van der Waals surface area (Å²) in [7, 11) is -3.42. The highest BCUT2D eigenvalue weighted by molar-refractivity contribution is 7.98. The highest BCUT2D eigenvalue weighted by atomic mass is 32.2. The number of hydrogen-bond donors (Lipinski definition) is 0. The lowest BCUT2D eigenvalue weighted by Gasteiger charge is -2.25. The standard InChI is InChI=1S/C18H20N2O3S2/c1-24-17-16(10-5-11-19-17)18(21)20-12-6-7-14(20)13-25(22,23)15-8-3-2-4-9-15/h2-5,8-11,14H,6-7,12-13H2,1H3/t14-/m1/s1. The van der Waals surface area contributed by atoms with E-state index in [1.54, 1.807) is 53.6 Å². The van der Waals surface area contributed by atoms with Crippen LogP contribution in [0.25, 0.3) is 0 Å². The molecule has 2 heterocycles. The predicted molar refractivity (Wildman–Crippen MR) is 98.6 cm³/mol. The third-order valence-corrected chi connectivity index (χ3v) is 6.87. The zero-order valence-electron chi connectivity index (χ0n) is 14.0. The molecular weight excluding hydrogens is 356 g/mol. The number of hydrogen-bond acceptors (Lipinski definition) is 5. The summed E-state index contributed by atoms with van der Waals surface area (Å²) in [4.78, 5) is 19.2. The average Bonchev–Trinajstić information content (AvgIpc) is 3.09. The fourth-order valence-electron chi connectivity index (χ4n) is 3.12. The molecule has 0 aliphatic carbocycles. The zero-order valence-corrected chi connectivity index (χ0v) is 15.6. The molecular formula is C18H20N2O3S2. The number of thioether (sulfide) groups is 1. The third kappa shape index (κ3) is 3.88. The van der Waals surface area contributed by atoms with Crippen LogP contribution in [0, 0.1) is 0 Å². The molecule has 2 aromatic rings. The summed E-state index contributed by atoms with van der Waals surface area (Å²) in [5.41, 5.74) is 0.541. The summed E-state index contributed by atoms with van der Waals surface area (Å²) in [6.45, 7) is 0.580. The maximum Gasteiger partial charge on any atom is 0.256 e.